The molecule has 2 aromatic rings. The van der Waals surface area contributed by atoms with Gasteiger partial charge in [-0.25, -0.2) is 4.39 Å². The van der Waals surface area contributed by atoms with Crippen LogP contribution in [0.2, 0.25) is 0 Å². The Labute approximate surface area is 185 Å². The van der Waals surface area contributed by atoms with Gasteiger partial charge in [-0.3, -0.25) is 0 Å². The smallest absolute Gasteiger partial charge is 0.132 e. The van der Waals surface area contributed by atoms with Crippen LogP contribution in [0.25, 0.3) is 11.1 Å². The first-order valence-electron chi connectivity index (χ1n) is 11.7. The van der Waals surface area contributed by atoms with Crippen LogP contribution in [-0.4, -0.2) is 0 Å². The van der Waals surface area contributed by atoms with Gasteiger partial charge in [0, 0.05) is 10.0 Å². The fraction of sp³-hybridized carbons (Fsp3) is 0.556. The fourth-order valence-electron chi connectivity index (χ4n) is 4.79. The van der Waals surface area contributed by atoms with Crippen molar-refractivity contribution in [2.45, 2.75) is 84.0 Å². The SMILES string of the molecule is CCCCCCC[C@H]1CC[C@H](CCc2ccc(-c3ccc(Br)cc3F)cc2)CC1. The summed E-state index contributed by atoms with van der Waals surface area (Å²) in [6.45, 7) is 2.29. The highest BCUT2D eigenvalue weighted by atomic mass is 79.9. The van der Waals surface area contributed by atoms with Gasteiger partial charge in [0.1, 0.15) is 5.82 Å². The third-order valence-corrected chi connectivity index (χ3v) is 7.21. The van der Waals surface area contributed by atoms with E-state index in [9.17, 15) is 4.39 Å². The number of rotatable bonds is 10. The molecule has 0 atom stereocenters. The molecule has 0 aliphatic heterocycles. The lowest BCUT2D eigenvalue weighted by atomic mass is 9.77. The van der Waals surface area contributed by atoms with Crippen LogP contribution in [0.1, 0.15) is 83.1 Å². The summed E-state index contributed by atoms with van der Waals surface area (Å²) in [5.74, 6) is 1.72. The first-order chi connectivity index (χ1) is 14.2. The molecule has 158 valence electrons. The van der Waals surface area contributed by atoms with Gasteiger partial charge in [-0.2, -0.15) is 0 Å². The molecule has 1 fully saturated rings. The van der Waals surface area contributed by atoms with E-state index < -0.39 is 0 Å². The van der Waals surface area contributed by atoms with Crippen LogP contribution in [-0.2, 0) is 6.42 Å². The van der Waals surface area contributed by atoms with Crippen molar-refractivity contribution in [2.24, 2.45) is 11.8 Å². The van der Waals surface area contributed by atoms with Crippen LogP contribution >= 0.6 is 15.9 Å². The molecule has 0 radical (unpaired) electrons. The van der Waals surface area contributed by atoms with E-state index in [1.54, 1.807) is 0 Å². The lowest BCUT2D eigenvalue weighted by Gasteiger charge is -2.28. The van der Waals surface area contributed by atoms with E-state index in [-0.39, 0.29) is 5.82 Å². The predicted octanol–water partition coefficient (Wildman–Crippen LogP) is 9.35. The Morgan fingerprint density at radius 2 is 1.48 bits per heavy atom. The Kier molecular flexibility index (Phi) is 9.24. The average molecular weight is 459 g/mol. The van der Waals surface area contributed by atoms with Gasteiger partial charge < -0.3 is 0 Å². The first kappa shape index (κ1) is 22.5. The minimum atomic E-state index is -0.172. The normalized spacial score (nSPS) is 19.4. The highest BCUT2D eigenvalue weighted by Crippen LogP contribution is 2.34. The number of hydrogen-bond donors (Lipinski definition) is 0. The molecule has 29 heavy (non-hydrogen) atoms. The molecule has 1 saturated carbocycles. The summed E-state index contributed by atoms with van der Waals surface area (Å²) in [7, 11) is 0. The van der Waals surface area contributed by atoms with E-state index in [2.05, 4.69) is 47.1 Å². The molecule has 0 spiro atoms. The summed E-state index contributed by atoms with van der Waals surface area (Å²) in [5, 5.41) is 0. The number of hydrogen-bond acceptors (Lipinski definition) is 0. The van der Waals surface area contributed by atoms with Gasteiger partial charge in [0.2, 0.25) is 0 Å². The standard InChI is InChI=1S/C27H36BrF/c1-2-3-4-5-6-7-21-8-10-22(11-9-21)12-13-23-14-16-24(17-15-23)26-19-18-25(28)20-27(26)29/h14-22H,2-13H2,1H3/t21-,22-. The van der Waals surface area contributed by atoms with Crippen LogP contribution in [0.15, 0.2) is 46.9 Å². The molecule has 0 nitrogen and oxygen atoms in total. The Balaban J connectivity index is 1.39. The van der Waals surface area contributed by atoms with Gasteiger partial charge in [0.25, 0.3) is 0 Å². The second-order valence-corrected chi connectivity index (χ2v) is 9.87. The maximum absolute atomic E-state index is 14.2. The second kappa shape index (κ2) is 11.9. The van der Waals surface area contributed by atoms with E-state index in [4.69, 9.17) is 0 Å². The van der Waals surface area contributed by atoms with Gasteiger partial charge in [-0.15, -0.1) is 0 Å². The number of unbranched alkanes of at least 4 members (excludes halogenated alkanes) is 4. The summed E-state index contributed by atoms with van der Waals surface area (Å²) < 4.78 is 14.9. The molecule has 2 heteroatoms. The molecule has 1 aliphatic rings. The molecule has 0 N–H and O–H groups in total. The van der Waals surface area contributed by atoms with E-state index in [0.29, 0.717) is 5.56 Å². The Morgan fingerprint density at radius 1 is 0.828 bits per heavy atom. The second-order valence-electron chi connectivity index (χ2n) is 8.95. The zero-order valence-electron chi connectivity index (χ0n) is 17.9. The van der Waals surface area contributed by atoms with E-state index >= 15 is 0 Å². The van der Waals surface area contributed by atoms with Gasteiger partial charge >= 0.3 is 0 Å². The summed E-state index contributed by atoms with van der Waals surface area (Å²) >= 11 is 3.32. The minimum Gasteiger partial charge on any atom is -0.206 e. The van der Waals surface area contributed by atoms with Crippen molar-refractivity contribution in [3.05, 3.63) is 58.3 Å². The van der Waals surface area contributed by atoms with E-state index in [1.165, 1.54) is 82.3 Å². The molecule has 0 heterocycles. The summed E-state index contributed by atoms with van der Waals surface area (Å²) in [6.07, 6.45) is 16.7. The number of aryl methyl sites for hydroxylation is 1. The molecule has 3 rings (SSSR count). The van der Waals surface area contributed by atoms with Crippen molar-refractivity contribution < 1.29 is 4.39 Å². The maximum Gasteiger partial charge on any atom is 0.132 e. The molecule has 2 aromatic carbocycles. The highest BCUT2D eigenvalue weighted by molar-refractivity contribution is 9.10. The van der Waals surface area contributed by atoms with E-state index in [1.807, 2.05) is 12.1 Å². The van der Waals surface area contributed by atoms with Gasteiger partial charge in [0.15, 0.2) is 0 Å². The summed E-state index contributed by atoms with van der Waals surface area (Å²) in [6, 6.07) is 13.8. The van der Waals surface area contributed by atoms with E-state index in [0.717, 1.165) is 28.3 Å². The third kappa shape index (κ3) is 7.24. The minimum absolute atomic E-state index is 0.172. The van der Waals surface area contributed by atoms with Gasteiger partial charge in [-0.05, 0) is 47.9 Å². The highest BCUT2D eigenvalue weighted by Gasteiger charge is 2.20. The third-order valence-electron chi connectivity index (χ3n) is 6.72. The van der Waals surface area contributed by atoms with Crippen molar-refractivity contribution in [2.75, 3.05) is 0 Å². The first-order valence-corrected chi connectivity index (χ1v) is 12.5. The lowest BCUT2D eigenvalue weighted by molar-refractivity contribution is 0.248. The Bertz CT molecular complexity index is 729. The maximum atomic E-state index is 14.2. The van der Waals surface area contributed by atoms with Crippen molar-refractivity contribution in [3.8, 4) is 11.1 Å². The zero-order chi connectivity index (χ0) is 20.5. The van der Waals surface area contributed by atoms with Crippen LogP contribution in [0.4, 0.5) is 4.39 Å². The van der Waals surface area contributed by atoms with Crippen LogP contribution in [0.5, 0.6) is 0 Å². The van der Waals surface area contributed by atoms with Crippen LogP contribution < -0.4 is 0 Å². The number of benzene rings is 2. The quantitative estimate of drug-likeness (QED) is 0.311. The molecule has 0 amide bonds. The topological polar surface area (TPSA) is 0 Å². The molecule has 1 aliphatic carbocycles. The summed E-state index contributed by atoms with van der Waals surface area (Å²) in [5.41, 5.74) is 3.01. The molecular formula is C27H36BrF. The largest absolute Gasteiger partial charge is 0.206 e. The van der Waals surface area contributed by atoms with Crippen LogP contribution in [0, 0.1) is 17.7 Å². The van der Waals surface area contributed by atoms with Crippen molar-refractivity contribution >= 4 is 15.9 Å². The lowest BCUT2D eigenvalue weighted by Crippen LogP contribution is -2.15. The van der Waals surface area contributed by atoms with Crippen LogP contribution in [0.3, 0.4) is 0 Å². The molecule has 0 aromatic heterocycles. The van der Waals surface area contributed by atoms with Crippen molar-refractivity contribution in [1.29, 1.82) is 0 Å². The molecular weight excluding hydrogens is 423 g/mol. The molecule has 0 saturated heterocycles. The van der Waals surface area contributed by atoms with Gasteiger partial charge in [-0.1, -0.05) is 117 Å². The van der Waals surface area contributed by atoms with Crippen molar-refractivity contribution in [1.82, 2.24) is 0 Å². The average Bonchev–Trinajstić information content (AvgIpc) is 2.73. The van der Waals surface area contributed by atoms with Gasteiger partial charge in [0.05, 0.1) is 0 Å². The van der Waals surface area contributed by atoms with Crippen molar-refractivity contribution in [3.63, 3.8) is 0 Å². The monoisotopic (exact) mass is 458 g/mol. The molecule has 0 unspecified atom stereocenters. The molecule has 0 bridgehead atoms. The zero-order valence-corrected chi connectivity index (χ0v) is 19.5. The fourth-order valence-corrected chi connectivity index (χ4v) is 5.12. The summed E-state index contributed by atoms with van der Waals surface area (Å²) in [4.78, 5) is 0. The number of halogens is 2. The predicted molar refractivity (Wildman–Crippen MR) is 127 cm³/mol. The Morgan fingerprint density at radius 3 is 2.14 bits per heavy atom. The Hall–Kier alpha value is -1.15.